The molecule has 0 amide bonds. The van der Waals surface area contributed by atoms with Crippen LogP contribution >= 0.6 is 0 Å². The van der Waals surface area contributed by atoms with Crippen LogP contribution in [0.2, 0.25) is 0 Å². The van der Waals surface area contributed by atoms with Crippen LogP contribution in [0.3, 0.4) is 0 Å². The molecule has 0 bridgehead atoms. The lowest BCUT2D eigenvalue weighted by molar-refractivity contribution is -0.703. The molecule has 2 aromatic rings. The van der Waals surface area contributed by atoms with Crippen LogP contribution in [0.25, 0.3) is 0 Å². The lowest BCUT2D eigenvalue weighted by Crippen LogP contribution is -2.37. The Hall–Kier alpha value is -1.57. The van der Waals surface area contributed by atoms with Crippen molar-refractivity contribution in [3.05, 3.63) is 54.1 Å². The topological polar surface area (TPSA) is 8.81 Å². The first-order valence-corrected chi connectivity index (χ1v) is 13.0. The highest BCUT2D eigenvalue weighted by molar-refractivity contribution is 5.18. The van der Waals surface area contributed by atoms with Crippen LogP contribution in [0.5, 0.6) is 0 Å². The van der Waals surface area contributed by atoms with Gasteiger partial charge in [-0.2, -0.15) is 0 Å². The maximum atomic E-state index is 2.51. The van der Waals surface area contributed by atoms with Crippen LogP contribution in [-0.4, -0.2) is 4.57 Å². The molecule has 0 saturated carbocycles. The normalized spacial score (nSPS) is 11.3. The van der Waals surface area contributed by atoms with E-state index in [4.69, 9.17) is 0 Å². The van der Waals surface area contributed by atoms with Gasteiger partial charge in [0.05, 0.1) is 19.5 Å². The summed E-state index contributed by atoms with van der Waals surface area (Å²) in [6, 6.07) is 10.9. The predicted molar refractivity (Wildman–Crippen MR) is 130 cm³/mol. The first-order chi connectivity index (χ1) is 14.8. The Morgan fingerprint density at radius 1 is 0.667 bits per heavy atom. The minimum absolute atomic E-state index is 1.04. The van der Waals surface area contributed by atoms with Gasteiger partial charge in [-0.3, -0.25) is 0 Å². The molecule has 0 spiro atoms. The van der Waals surface area contributed by atoms with E-state index in [1.54, 1.807) is 0 Å². The summed E-state index contributed by atoms with van der Waals surface area (Å²) in [5.74, 6) is 1.47. The number of unbranched alkanes of at least 4 members (excludes halogenated alkanes) is 12. The summed E-state index contributed by atoms with van der Waals surface area (Å²) in [5.41, 5.74) is 1.41. The number of imidazole rings is 1. The van der Waals surface area contributed by atoms with E-state index in [0.29, 0.717) is 0 Å². The molecule has 0 atom stereocenters. The Balaban J connectivity index is 1.66. The van der Waals surface area contributed by atoms with Crippen molar-refractivity contribution in [1.82, 2.24) is 4.57 Å². The zero-order valence-electron chi connectivity index (χ0n) is 20.0. The Morgan fingerprint density at radius 2 is 1.23 bits per heavy atom. The van der Waals surface area contributed by atoms with Gasteiger partial charge in [0.2, 0.25) is 0 Å². The molecular formula is C28H47N2+. The summed E-state index contributed by atoms with van der Waals surface area (Å²) in [4.78, 5) is 0. The van der Waals surface area contributed by atoms with Crippen LogP contribution in [0.15, 0.2) is 42.7 Å². The number of hydrogen-bond donors (Lipinski definition) is 0. The molecular weight excluding hydrogens is 364 g/mol. The highest BCUT2D eigenvalue weighted by atomic mass is 15.1. The predicted octanol–water partition coefficient (Wildman–Crippen LogP) is 7.87. The minimum Gasteiger partial charge on any atom is -0.234 e. The molecule has 2 nitrogen and oxygen atoms in total. The van der Waals surface area contributed by atoms with Gasteiger partial charge in [-0.25, -0.2) is 9.13 Å². The summed E-state index contributed by atoms with van der Waals surface area (Å²) in [6.07, 6.45) is 25.1. The second kappa shape index (κ2) is 16.2. The molecule has 0 saturated heterocycles. The SMILES string of the molecule is CCCCCCCCCCCCCC[n+]1ccn(CCCC)c1Cc1ccccc1. The maximum Gasteiger partial charge on any atom is 0.260 e. The molecule has 0 fully saturated rings. The van der Waals surface area contributed by atoms with Gasteiger partial charge in [0.15, 0.2) is 0 Å². The van der Waals surface area contributed by atoms with Gasteiger partial charge in [-0.05, 0) is 24.8 Å². The van der Waals surface area contributed by atoms with Crippen LogP contribution < -0.4 is 4.57 Å². The molecule has 30 heavy (non-hydrogen) atoms. The van der Waals surface area contributed by atoms with Crippen molar-refractivity contribution in [3.8, 4) is 0 Å². The van der Waals surface area contributed by atoms with Crippen LogP contribution in [0.4, 0.5) is 0 Å². The molecule has 2 rings (SSSR count). The van der Waals surface area contributed by atoms with Gasteiger partial charge in [-0.1, -0.05) is 115 Å². The zero-order chi connectivity index (χ0) is 21.3. The fourth-order valence-corrected chi connectivity index (χ4v) is 4.34. The fraction of sp³-hybridized carbons (Fsp3) is 0.679. The van der Waals surface area contributed by atoms with Crippen LogP contribution in [0.1, 0.15) is 115 Å². The lowest BCUT2D eigenvalue weighted by Gasteiger charge is -2.06. The number of aromatic nitrogens is 2. The lowest BCUT2D eigenvalue weighted by atomic mass is 10.1. The maximum absolute atomic E-state index is 2.51. The average Bonchev–Trinajstić information content (AvgIpc) is 3.15. The number of nitrogens with zero attached hydrogens (tertiary/aromatic N) is 2. The van der Waals surface area contributed by atoms with E-state index in [1.807, 2.05) is 0 Å². The fourth-order valence-electron chi connectivity index (χ4n) is 4.34. The van der Waals surface area contributed by atoms with Gasteiger partial charge in [0, 0.05) is 0 Å². The summed E-state index contributed by atoms with van der Waals surface area (Å²) in [6.45, 7) is 6.88. The van der Waals surface area contributed by atoms with Crippen molar-refractivity contribution in [2.75, 3.05) is 0 Å². The number of benzene rings is 1. The second-order valence-corrected chi connectivity index (χ2v) is 9.01. The van der Waals surface area contributed by atoms with Gasteiger partial charge < -0.3 is 0 Å². The third kappa shape index (κ3) is 9.96. The molecule has 0 aliphatic rings. The summed E-state index contributed by atoms with van der Waals surface area (Å²) in [7, 11) is 0. The monoisotopic (exact) mass is 411 g/mol. The largest absolute Gasteiger partial charge is 0.260 e. The molecule has 0 aliphatic heterocycles. The molecule has 1 aromatic carbocycles. The Kier molecular flexibility index (Phi) is 13.3. The van der Waals surface area contributed by atoms with Crippen LogP contribution in [0, 0.1) is 0 Å². The third-order valence-corrected chi connectivity index (χ3v) is 6.30. The summed E-state index contributed by atoms with van der Waals surface area (Å²) in [5, 5.41) is 0. The number of rotatable bonds is 18. The smallest absolute Gasteiger partial charge is 0.234 e. The van der Waals surface area contributed by atoms with E-state index in [-0.39, 0.29) is 0 Å². The molecule has 168 valence electrons. The molecule has 0 unspecified atom stereocenters. The molecule has 0 N–H and O–H groups in total. The van der Waals surface area contributed by atoms with Crippen molar-refractivity contribution >= 4 is 0 Å². The summed E-state index contributed by atoms with van der Waals surface area (Å²) < 4.78 is 5.00. The first kappa shape index (κ1) is 24.7. The third-order valence-electron chi connectivity index (χ3n) is 6.30. The molecule has 0 radical (unpaired) electrons. The molecule has 1 aromatic heterocycles. The molecule has 1 heterocycles. The van der Waals surface area contributed by atoms with E-state index >= 15 is 0 Å². The Labute approximate surface area is 186 Å². The van der Waals surface area contributed by atoms with Crippen molar-refractivity contribution in [2.45, 2.75) is 123 Å². The van der Waals surface area contributed by atoms with E-state index in [2.05, 4.69) is 65.7 Å². The van der Waals surface area contributed by atoms with Crippen molar-refractivity contribution < 1.29 is 4.57 Å². The second-order valence-electron chi connectivity index (χ2n) is 9.01. The number of aryl methyl sites for hydroxylation is 2. The van der Waals surface area contributed by atoms with E-state index < -0.39 is 0 Å². The number of hydrogen-bond acceptors (Lipinski definition) is 0. The quantitative estimate of drug-likeness (QED) is 0.174. The summed E-state index contributed by atoms with van der Waals surface area (Å²) >= 11 is 0. The van der Waals surface area contributed by atoms with Crippen molar-refractivity contribution in [2.24, 2.45) is 0 Å². The van der Waals surface area contributed by atoms with Gasteiger partial charge in [0.1, 0.15) is 12.4 Å². The van der Waals surface area contributed by atoms with E-state index in [1.165, 1.54) is 108 Å². The van der Waals surface area contributed by atoms with Crippen LogP contribution in [-0.2, 0) is 19.5 Å². The standard InChI is InChI=1S/C28H47N2/c1-3-5-7-8-9-10-11-12-13-14-15-19-23-30-25-24-29(22-6-4-2)28(30)26-27-20-17-16-18-21-27/h16-18,20-21,24-25H,3-15,19,22-23,26H2,1-2H3/q+1. The van der Waals surface area contributed by atoms with E-state index in [9.17, 15) is 0 Å². The molecule has 2 heteroatoms. The van der Waals surface area contributed by atoms with Gasteiger partial charge >= 0.3 is 0 Å². The average molecular weight is 412 g/mol. The highest BCUT2D eigenvalue weighted by Gasteiger charge is 2.17. The Morgan fingerprint density at radius 3 is 1.83 bits per heavy atom. The van der Waals surface area contributed by atoms with Gasteiger partial charge in [-0.15, -0.1) is 0 Å². The van der Waals surface area contributed by atoms with Crippen molar-refractivity contribution in [3.63, 3.8) is 0 Å². The first-order valence-electron chi connectivity index (χ1n) is 13.0. The highest BCUT2D eigenvalue weighted by Crippen LogP contribution is 2.13. The molecule has 0 aliphatic carbocycles. The van der Waals surface area contributed by atoms with Gasteiger partial charge in [0.25, 0.3) is 5.82 Å². The Bertz CT molecular complexity index is 644. The van der Waals surface area contributed by atoms with E-state index in [0.717, 1.165) is 13.0 Å². The van der Waals surface area contributed by atoms with Crippen molar-refractivity contribution in [1.29, 1.82) is 0 Å². The minimum atomic E-state index is 1.04. The zero-order valence-corrected chi connectivity index (χ0v) is 20.0.